The third kappa shape index (κ3) is 4.56. The normalized spacial score (nSPS) is 13.9. The number of rotatable bonds is 5. The number of piperazine rings is 1. The minimum atomic E-state index is -0.540. The first-order chi connectivity index (χ1) is 13.4. The number of nitrogens with zero attached hydrogens (tertiary/aromatic N) is 3. The van der Waals surface area contributed by atoms with Crippen molar-refractivity contribution in [2.45, 2.75) is 0 Å². The molecule has 146 valence electrons. The highest BCUT2D eigenvalue weighted by Gasteiger charge is 2.25. The number of phenols is 1. The zero-order chi connectivity index (χ0) is 20.1. The van der Waals surface area contributed by atoms with Crippen LogP contribution in [0.2, 0.25) is 0 Å². The number of carbonyl (C=O) groups excluding carboxylic acids is 2. The average molecular weight is 385 g/mol. The maximum Gasteiger partial charge on any atom is 0.270 e. The number of amides is 2. The second kappa shape index (κ2) is 8.38. The van der Waals surface area contributed by atoms with Crippen molar-refractivity contribution >= 4 is 17.5 Å². The predicted octanol–water partition coefficient (Wildman–Crippen LogP) is 1.66. The van der Waals surface area contributed by atoms with Gasteiger partial charge in [0, 0.05) is 43.9 Å². The first kappa shape index (κ1) is 19.2. The highest BCUT2D eigenvalue weighted by atomic mass is 16.6. The summed E-state index contributed by atoms with van der Waals surface area (Å²) in [6, 6.07) is 11.7. The molecule has 1 aliphatic rings. The molecular weight excluding hydrogens is 366 g/mol. The Hall–Kier alpha value is -3.62. The van der Waals surface area contributed by atoms with Gasteiger partial charge in [-0.3, -0.25) is 19.7 Å². The smallest absolute Gasteiger partial charge is 0.270 e. The van der Waals surface area contributed by atoms with E-state index in [1.54, 1.807) is 28.0 Å². The summed E-state index contributed by atoms with van der Waals surface area (Å²) < 4.78 is 5.41. The standard InChI is InChI=1S/C19H19N3O6/c23-16-4-6-17(7-5-16)28-13-18(24)20-8-10-21(11-9-20)19(25)14-2-1-3-15(12-14)22(26)27/h1-7,12,23H,8-11,13H2. The fraction of sp³-hybridized carbons (Fsp3) is 0.263. The van der Waals surface area contributed by atoms with Gasteiger partial charge in [-0.05, 0) is 30.3 Å². The van der Waals surface area contributed by atoms with Gasteiger partial charge >= 0.3 is 0 Å². The monoisotopic (exact) mass is 385 g/mol. The van der Waals surface area contributed by atoms with Crippen LogP contribution in [0.1, 0.15) is 10.4 Å². The Labute approximate surface area is 160 Å². The molecule has 2 amide bonds. The van der Waals surface area contributed by atoms with Gasteiger partial charge in [-0.2, -0.15) is 0 Å². The number of ether oxygens (including phenoxy) is 1. The number of nitro groups is 1. The lowest BCUT2D eigenvalue weighted by molar-refractivity contribution is -0.384. The molecule has 2 aromatic carbocycles. The molecule has 0 aliphatic carbocycles. The number of carbonyl (C=O) groups is 2. The average Bonchev–Trinajstić information content (AvgIpc) is 2.72. The third-order valence-electron chi connectivity index (χ3n) is 4.42. The number of non-ortho nitro benzene ring substituents is 1. The van der Waals surface area contributed by atoms with Crippen LogP contribution in [0.15, 0.2) is 48.5 Å². The molecule has 2 aromatic rings. The van der Waals surface area contributed by atoms with Crippen LogP contribution in [0.25, 0.3) is 0 Å². The van der Waals surface area contributed by atoms with Gasteiger partial charge in [-0.25, -0.2) is 0 Å². The number of phenolic OH excluding ortho intramolecular Hbond substituents is 1. The number of hydrogen-bond acceptors (Lipinski definition) is 6. The lowest BCUT2D eigenvalue weighted by Crippen LogP contribution is -2.51. The molecule has 1 aliphatic heterocycles. The highest BCUT2D eigenvalue weighted by Crippen LogP contribution is 2.17. The summed E-state index contributed by atoms with van der Waals surface area (Å²) in [5.41, 5.74) is 0.121. The summed E-state index contributed by atoms with van der Waals surface area (Å²) in [6.07, 6.45) is 0. The second-order valence-corrected chi connectivity index (χ2v) is 6.26. The number of hydrogen-bond donors (Lipinski definition) is 1. The topological polar surface area (TPSA) is 113 Å². The first-order valence-electron chi connectivity index (χ1n) is 8.67. The Balaban J connectivity index is 1.51. The van der Waals surface area contributed by atoms with Gasteiger partial charge in [-0.1, -0.05) is 6.07 Å². The molecule has 0 spiro atoms. The Morgan fingerprint density at radius 2 is 1.68 bits per heavy atom. The van der Waals surface area contributed by atoms with Crippen molar-refractivity contribution in [2.75, 3.05) is 32.8 Å². The van der Waals surface area contributed by atoms with Crippen LogP contribution in [0.3, 0.4) is 0 Å². The molecule has 0 atom stereocenters. The molecule has 1 saturated heterocycles. The SMILES string of the molecule is O=C(COc1ccc(O)cc1)N1CCN(C(=O)c2cccc([N+](=O)[O-])c2)CC1. The van der Waals surface area contributed by atoms with Crippen molar-refractivity contribution in [2.24, 2.45) is 0 Å². The van der Waals surface area contributed by atoms with Crippen LogP contribution >= 0.6 is 0 Å². The molecule has 3 rings (SSSR count). The summed E-state index contributed by atoms with van der Waals surface area (Å²) in [4.78, 5) is 38.3. The molecule has 28 heavy (non-hydrogen) atoms. The zero-order valence-corrected chi connectivity index (χ0v) is 15.0. The van der Waals surface area contributed by atoms with Gasteiger partial charge in [-0.15, -0.1) is 0 Å². The Kier molecular flexibility index (Phi) is 5.73. The van der Waals surface area contributed by atoms with Crippen molar-refractivity contribution in [1.82, 2.24) is 9.80 Å². The van der Waals surface area contributed by atoms with E-state index in [2.05, 4.69) is 0 Å². The van der Waals surface area contributed by atoms with Crippen LogP contribution < -0.4 is 4.74 Å². The third-order valence-corrected chi connectivity index (χ3v) is 4.42. The van der Waals surface area contributed by atoms with E-state index in [-0.39, 0.29) is 35.4 Å². The molecule has 9 nitrogen and oxygen atoms in total. The van der Waals surface area contributed by atoms with Crippen molar-refractivity contribution in [3.63, 3.8) is 0 Å². The molecule has 1 heterocycles. The fourth-order valence-corrected chi connectivity index (χ4v) is 2.87. The van der Waals surface area contributed by atoms with Gasteiger partial charge in [0.05, 0.1) is 4.92 Å². The van der Waals surface area contributed by atoms with Gasteiger partial charge in [0.15, 0.2) is 6.61 Å². The van der Waals surface area contributed by atoms with E-state index in [9.17, 15) is 24.8 Å². The molecule has 9 heteroatoms. The van der Waals surface area contributed by atoms with Crippen LogP contribution in [-0.4, -0.2) is 64.4 Å². The second-order valence-electron chi connectivity index (χ2n) is 6.26. The minimum absolute atomic E-state index is 0.114. The van der Waals surface area contributed by atoms with E-state index in [4.69, 9.17) is 4.74 Å². The number of aromatic hydroxyl groups is 1. The van der Waals surface area contributed by atoms with Crippen LogP contribution in [0.4, 0.5) is 5.69 Å². The van der Waals surface area contributed by atoms with Crippen molar-refractivity contribution in [3.8, 4) is 11.5 Å². The van der Waals surface area contributed by atoms with E-state index >= 15 is 0 Å². The molecular formula is C19H19N3O6. The van der Waals surface area contributed by atoms with Crippen molar-refractivity contribution < 1.29 is 24.4 Å². The van der Waals surface area contributed by atoms with E-state index in [1.165, 1.54) is 30.3 Å². The summed E-state index contributed by atoms with van der Waals surface area (Å²) in [5.74, 6) is 0.0977. The largest absolute Gasteiger partial charge is 0.508 e. The van der Waals surface area contributed by atoms with Crippen LogP contribution in [0, 0.1) is 10.1 Å². The minimum Gasteiger partial charge on any atom is -0.508 e. The summed E-state index contributed by atoms with van der Waals surface area (Å²) >= 11 is 0. The van der Waals surface area contributed by atoms with Crippen LogP contribution in [0.5, 0.6) is 11.5 Å². The highest BCUT2D eigenvalue weighted by molar-refractivity contribution is 5.95. The molecule has 1 N–H and O–H groups in total. The molecule has 0 saturated carbocycles. The summed E-state index contributed by atoms with van der Waals surface area (Å²) in [6.45, 7) is 1.26. The lowest BCUT2D eigenvalue weighted by atomic mass is 10.1. The number of benzene rings is 2. The van der Waals surface area contributed by atoms with E-state index in [1.807, 2.05) is 0 Å². The molecule has 0 unspecified atom stereocenters. The van der Waals surface area contributed by atoms with E-state index in [0.29, 0.717) is 31.9 Å². The predicted molar refractivity (Wildman–Crippen MR) is 99.2 cm³/mol. The van der Waals surface area contributed by atoms with Crippen molar-refractivity contribution in [1.29, 1.82) is 0 Å². The Bertz CT molecular complexity index is 875. The first-order valence-corrected chi connectivity index (χ1v) is 8.67. The summed E-state index contributed by atoms with van der Waals surface area (Å²) in [7, 11) is 0. The van der Waals surface area contributed by atoms with Crippen molar-refractivity contribution in [3.05, 3.63) is 64.2 Å². The number of nitro benzene ring substituents is 1. The van der Waals surface area contributed by atoms with Gasteiger partial charge < -0.3 is 19.6 Å². The quantitative estimate of drug-likeness (QED) is 0.619. The van der Waals surface area contributed by atoms with Crippen LogP contribution in [-0.2, 0) is 4.79 Å². The lowest BCUT2D eigenvalue weighted by Gasteiger charge is -2.34. The van der Waals surface area contributed by atoms with Gasteiger partial charge in [0.1, 0.15) is 11.5 Å². The Morgan fingerprint density at radius 3 is 2.32 bits per heavy atom. The molecule has 1 fully saturated rings. The Morgan fingerprint density at radius 1 is 1.04 bits per heavy atom. The van der Waals surface area contributed by atoms with Gasteiger partial charge in [0.25, 0.3) is 17.5 Å². The fourth-order valence-electron chi connectivity index (χ4n) is 2.87. The van der Waals surface area contributed by atoms with E-state index < -0.39 is 4.92 Å². The molecule has 0 aromatic heterocycles. The summed E-state index contributed by atoms with van der Waals surface area (Å²) in [5, 5.41) is 20.1. The maximum atomic E-state index is 12.5. The molecule has 0 radical (unpaired) electrons. The van der Waals surface area contributed by atoms with Gasteiger partial charge in [0.2, 0.25) is 0 Å². The zero-order valence-electron chi connectivity index (χ0n) is 15.0. The molecule has 0 bridgehead atoms. The maximum absolute atomic E-state index is 12.5. The van der Waals surface area contributed by atoms with E-state index in [0.717, 1.165) is 0 Å².